The van der Waals surface area contributed by atoms with Gasteiger partial charge in [0.15, 0.2) is 0 Å². The fraction of sp³-hybridized carbons (Fsp3) is 0.429. The molecule has 5 heteroatoms. The van der Waals surface area contributed by atoms with Crippen molar-refractivity contribution in [2.75, 3.05) is 11.4 Å². The zero-order valence-electron chi connectivity index (χ0n) is 11.0. The molecular weight excluding hydrogens is 264 g/mol. The molecule has 0 saturated carbocycles. The molecule has 0 spiro atoms. The van der Waals surface area contributed by atoms with Crippen LogP contribution in [0.2, 0.25) is 5.02 Å². The molecule has 1 N–H and O–H groups in total. The van der Waals surface area contributed by atoms with Crippen LogP contribution in [0.3, 0.4) is 0 Å². The first-order chi connectivity index (χ1) is 8.97. The van der Waals surface area contributed by atoms with Crippen molar-refractivity contribution in [2.24, 2.45) is 5.92 Å². The van der Waals surface area contributed by atoms with Crippen molar-refractivity contribution >= 4 is 29.1 Å². The van der Waals surface area contributed by atoms with Gasteiger partial charge < -0.3 is 10.2 Å². The minimum absolute atomic E-state index is 0.0220. The van der Waals surface area contributed by atoms with Gasteiger partial charge >= 0.3 is 0 Å². The second-order valence-corrected chi connectivity index (χ2v) is 5.48. The molecule has 1 aromatic rings. The fourth-order valence-corrected chi connectivity index (χ4v) is 2.28. The number of hydrogen-bond donors (Lipinski definition) is 1. The zero-order valence-corrected chi connectivity index (χ0v) is 11.8. The molecule has 19 heavy (non-hydrogen) atoms. The van der Waals surface area contributed by atoms with Crippen LogP contribution < -0.4 is 10.2 Å². The number of rotatable bonds is 3. The van der Waals surface area contributed by atoms with Gasteiger partial charge in [0.25, 0.3) is 0 Å². The summed E-state index contributed by atoms with van der Waals surface area (Å²) in [6.45, 7) is 4.25. The van der Waals surface area contributed by atoms with Crippen LogP contribution in [0.15, 0.2) is 24.3 Å². The normalized spacial score (nSPS) is 19.1. The fourth-order valence-electron chi connectivity index (χ4n) is 2.16. The molecule has 1 saturated heterocycles. The van der Waals surface area contributed by atoms with Crippen molar-refractivity contribution in [3.8, 4) is 0 Å². The Bertz CT molecular complexity index is 485. The van der Waals surface area contributed by atoms with Gasteiger partial charge in [0.05, 0.1) is 5.92 Å². The van der Waals surface area contributed by atoms with Gasteiger partial charge in [-0.05, 0) is 38.1 Å². The van der Waals surface area contributed by atoms with Crippen LogP contribution >= 0.6 is 11.6 Å². The smallest absolute Gasteiger partial charge is 0.227 e. The first-order valence-electron chi connectivity index (χ1n) is 6.33. The van der Waals surface area contributed by atoms with Crippen molar-refractivity contribution in [1.29, 1.82) is 0 Å². The lowest BCUT2D eigenvalue weighted by atomic mass is 10.1. The Hall–Kier alpha value is -1.55. The van der Waals surface area contributed by atoms with E-state index in [1.54, 1.807) is 29.2 Å². The number of hydrogen-bond acceptors (Lipinski definition) is 2. The lowest BCUT2D eigenvalue weighted by molar-refractivity contribution is -0.126. The van der Waals surface area contributed by atoms with Crippen molar-refractivity contribution in [3.63, 3.8) is 0 Å². The van der Waals surface area contributed by atoms with Gasteiger partial charge in [0, 0.05) is 29.7 Å². The SMILES string of the molecule is CC(C)NC(=O)C1CC(=O)N(c2ccc(Cl)cc2)C1. The number of halogens is 1. The van der Waals surface area contributed by atoms with Crippen molar-refractivity contribution < 1.29 is 9.59 Å². The molecule has 0 radical (unpaired) electrons. The highest BCUT2D eigenvalue weighted by molar-refractivity contribution is 6.30. The predicted octanol–water partition coefficient (Wildman–Crippen LogP) is 2.22. The molecule has 1 aliphatic heterocycles. The lowest BCUT2D eigenvalue weighted by Gasteiger charge is -2.17. The molecule has 1 heterocycles. The maximum Gasteiger partial charge on any atom is 0.227 e. The molecule has 2 rings (SSSR count). The summed E-state index contributed by atoms with van der Waals surface area (Å²) >= 11 is 5.82. The van der Waals surface area contributed by atoms with Gasteiger partial charge in [-0.2, -0.15) is 0 Å². The number of anilines is 1. The third-order valence-electron chi connectivity index (χ3n) is 3.07. The van der Waals surface area contributed by atoms with E-state index in [-0.39, 0.29) is 30.2 Å². The molecular formula is C14H17ClN2O2. The second kappa shape index (κ2) is 5.61. The van der Waals surface area contributed by atoms with Crippen molar-refractivity contribution in [3.05, 3.63) is 29.3 Å². The summed E-state index contributed by atoms with van der Waals surface area (Å²) < 4.78 is 0. The van der Waals surface area contributed by atoms with E-state index in [1.165, 1.54) is 0 Å². The Labute approximate surface area is 117 Å². The number of benzene rings is 1. The number of carbonyl (C=O) groups excluding carboxylic acids is 2. The van der Waals surface area contributed by atoms with Gasteiger partial charge in [-0.15, -0.1) is 0 Å². The highest BCUT2D eigenvalue weighted by atomic mass is 35.5. The van der Waals surface area contributed by atoms with Crippen LogP contribution in [-0.4, -0.2) is 24.4 Å². The number of amides is 2. The van der Waals surface area contributed by atoms with Gasteiger partial charge in [0.1, 0.15) is 0 Å². The average molecular weight is 281 g/mol. The van der Waals surface area contributed by atoms with Gasteiger partial charge in [-0.1, -0.05) is 11.6 Å². The van der Waals surface area contributed by atoms with Gasteiger partial charge in [-0.3, -0.25) is 9.59 Å². The Morgan fingerprint density at radius 1 is 1.37 bits per heavy atom. The summed E-state index contributed by atoms with van der Waals surface area (Å²) in [7, 11) is 0. The minimum atomic E-state index is -0.273. The van der Waals surface area contributed by atoms with E-state index in [0.717, 1.165) is 5.69 Å². The Kier molecular flexibility index (Phi) is 4.10. The first-order valence-corrected chi connectivity index (χ1v) is 6.71. The van der Waals surface area contributed by atoms with Crippen LogP contribution in [-0.2, 0) is 9.59 Å². The third-order valence-corrected chi connectivity index (χ3v) is 3.32. The number of carbonyl (C=O) groups is 2. The Morgan fingerprint density at radius 2 is 2.00 bits per heavy atom. The van der Waals surface area contributed by atoms with Crippen molar-refractivity contribution in [2.45, 2.75) is 26.3 Å². The van der Waals surface area contributed by atoms with E-state index < -0.39 is 0 Å². The summed E-state index contributed by atoms with van der Waals surface area (Å²) in [4.78, 5) is 25.5. The first kappa shape index (κ1) is 13.9. The second-order valence-electron chi connectivity index (χ2n) is 5.05. The lowest BCUT2D eigenvalue weighted by Crippen LogP contribution is -2.36. The molecule has 0 aromatic heterocycles. The van der Waals surface area contributed by atoms with Crippen LogP contribution in [0.5, 0.6) is 0 Å². The highest BCUT2D eigenvalue weighted by Crippen LogP contribution is 2.26. The van der Waals surface area contributed by atoms with E-state index in [9.17, 15) is 9.59 Å². The maximum absolute atomic E-state index is 12.0. The zero-order chi connectivity index (χ0) is 14.0. The predicted molar refractivity (Wildman–Crippen MR) is 75.2 cm³/mol. The van der Waals surface area contributed by atoms with E-state index >= 15 is 0 Å². The minimum Gasteiger partial charge on any atom is -0.354 e. The number of nitrogens with one attached hydrogen (secondary N) is 1. The quantitative estimate of drug-likeness (QED) is 0.923. The maximum atomic E-state index is 12.0. The molecule has 1 fully saturated rings. The summed E-state index contributed by atoms with van der Waals surface area (Å²) in [6, 6.07) is 7.16. The summed E-state index contributed by atoms with van der Waals surface area (Å²) in [5.41, 5.74) is 0.786. The summed E-state index contributed by atoms with van der Waals surface area (Å²) in [6.07, 6.45) is 0.265. The standard InChI is InChI=1S/C14H17ClN2O2/c1-9(2)16-14(19)10-7-13(18)17(8-10)12-5-3-11(15)4-6-12/h3-6,9-10H,7-8H2,1-2H3,(H,16,19). The summed E-state index contributed by atoms with van der Waals surface area (Å²) in [5, 5.41) is 3.48. The van der Waals surface area contributed by atoms with E-state index in [2.05, 4.69) is 5.32 Å². The van der Waals surface area contributed by atoms with E-state index in [4.69, 9.17) is 11.6 Å². The van der Waals surface area contributed by atoms with E-state index in [0.29, 0.717) is 11.6 Å². The van der Waals surface area contributed by atoms with Crippen LogP contribution in [0.25, 0.3) is 0 Å². The molecule has 1 aromatic carbocycles. The van der Waals surface area contributed by atoms with Crippen LogP contribution in [0, 0.1) is 5.92 Å². The molecule has 1 atom stereocenters. The largest absolute Gasteiger partial charge is 0.354 e. The molecule has 2 amide bonds. The van der Waals surface area contributed by atoms with Gasteiger partial charge in [-0.25, -0.2) is 0 Å². The molecule has 4 nitrogen and oxygen atoms in total. The van der Waals surface area contributed by atoms with Crippen LogP contribution in [0.1, 0.15) is 20.3 Å². The average Bonchev–Trinajstić information content (AvgIpc) is 2.72. The topological polar surface area (TPSA) is 49.4 Å². The Morgan fingerprint density at radius 3 is 2.58 bits per heavy atom. The highest BCUT2D eigenvalue weighted by Gasteiger charge is 2.35. The molecule has 0 aliphatic carbocycles. The molecule has 0 bridgehead atoms. The molecule has 1 unspecified atom stereocenters. The van der Waals surface area contributed by atoms with Crippen molar-refractivity contribution in [1.82, 2.24) is 5.32 Å². The summed E-state index contributed by atoms with van der Waals surface area (Å²) in [5.74, 6) is -0.350. The Balaban J connectivity index is 2.07. The van der Waals surface area contributed by atoms with Gasteiger partial charge in [0.2, 0.25) is 11.8 Å². The molecule has 1 aliphatic rings. The number of nitrogens with zero attached hydrogens (tertiary/aromatic N) is 1. The van der Waals surface area contributed by atoms with E-state index in [1.807, 2.05) is 13.8 Å². The molecule has 102 valence electrons. The third kappa shape index (κ3) is 3.26. The van der Waals surface area contributed by atoms with Crippen LogP contribution in [0.4, 0.5) is 5.69 Å². The monoisotopic (exact) mass is 280 g/mol.